The number of carbonyl (C=O) groups excluding carboxylic acids is 1. The molecule has 0 aromatic carbocycles. The van der Waals surface area contributed by atoms with Gasteiger partial charge in [0.2, 0.25) is 5.91 Å². The number of thiazole rings is 1. The zero-order valence-corrected chi connectivity index (χ0v) is 16.7. The number of carbonyl (C=O) groups is 1. The molecule has 0 spiro atoms. The second-order valence-electron chi connectivity index (χ2n) is 5.65. The molecule has 136 valence electrons. The summed E-state index contributed by atoms with van der Waals surface area (Å²) in [4.78, 5) is 26.4. The van der Waals surface area contributed by atoms with E-state index in [1.807, 2.05) is 51.5 Å². The Morgan fingerprint density at radius 2 is 1.92 bits per heavy atom. The molecule has 0 aliphatic carbocycles. The molecule has 0 saturated heterocycles. The normalized spacial score (nSPS) is 11.5. The molecule has 1 rings (SSSR count). The summed E-state index contributed by atoms with van der Waals surface area (Å²) >= 11 is 1.73. The lowest BCUT2D eigenvalue weighted by Crippen LogP contribution is -2.45. The number of aromatic nitrogens is 1. The van der Waals surface area contributed by atoms with Crippen molar-refractivity contribution in [1.29, 1.82) is 0 Å². The van der Waals surface area contributed by atoms with E-state index in [2.05, 4.69) is 15.3 Å². The molecular formula is C17H31N5OS. The minimum absolute atomic E-state index is 0.127. The van der Waals surface area contributed by atoms with E-state index in [4.69, 9.17) is 0 Å². The van der Waals surface area contributed by atoms with E-state index in [0.29, 0.717) is 13.1 Å². The average molecular weight is 354 g/mol. The highest BCUT2D eigenvalue weighted by Gasteiger charge is 2.15. The zero-order chi connectivity index (χ0) is 18.1. The molecule has 0 aliphatic rings. The summed E-state index contributed by atoms with van der Waals surface area (Å²) in [6, 6.07) is 0. The van der Waals surface area contributed by atoms with E-state index < -0.39 is 0 Å². The predicted molar refractivity (Wildman–Crippen MR) is 102 cm³/mol. The van der Waals surface area contributed by atoms with E-state index in [1.54, 1.807) is 11.3 Å². The molecule has 0 saturated carbocycles. The van der Waals surface area contributed by atoms with E-state index in [-0.39, 0.29) is 5.91 Å². The Hall–Kier alpha value is -1.63. The standard InChI is InChI=1S/C17H31N5OS/c1-7-18-17(21(6)12-16(23)22(8-2)9-3)19-11-10-15-13(4)20-14(5)24-15/h7-12H2,1-6H3,(H,18,19). The van der Waals surface area contributed by atoms with Gasteiger partial charge in [0.1, 0.15) is 0 Å². The number of amides is 1. The maximum absolute atomic E-state index is 12.3. The van der Waals surface area contributed by atoms with Crippen molar-refractivity contribution in [3.05, 3.63) is 15.6 Å². The van der Waals surface area contributed by atoms with Gasteiger partial charge in [-0.15, -0.1) is 11.3 Å². The lowest BCUT2D eigenvalue weighted by Gasteiger charge is -2.25. The molecule has 0 fully saturated rings. The largest absolute Gasteiger partial charge is 0.357 e. The minimum Gasteiger partial charge on any atom is -0.357 e. The van der Waals surface area contributed by atoms with Gasteiger partial charge in [-0.1, -0.05) is 0 Å². The Kier molecular flexibility index (Phi) is 8.74. The molecule has 6 nitrogen and oxygen atoms in total. The van der Waals surface area contributed by atoms with Crippen molar-refractivity contribution >= 4 is 23.2 Å². The average Bonchev–Trinajstić information content (AvgIpc) is 2.85. The Bertz CT molecular complexity index is 551. The summed E-state index contributed by atoms with van der Waals surface area (Å²) in [5, 5.41) is 4.36. The number of nitrogens with one attached hydrogen (secondary N) is 1. The summed E-state index contributed by atoms with van der Waals surface area (Å²) in [6.45, 7) is 13.4. The first-order valence-electron chi connectivity index (χ1n) is 8.62. The van der Waals surface area contributed by atoms with Crippen LogP contribution < -0.4 is 5.32 Å². The van der Waals surface area contributed by atoms with Gasteiger partial charge in [0.25, 0.3) is 0 Å². The van der Waals surface area contributed by atoms with Gasteiger partial charge < -0.3 is 15.1 Å². The number of aliphatic imine (C=N–C) groups is 1. The van der Waals surface area contributed by atoms with Crippen LogP contribution in [0.2, 0.25) is 0 Å². The fourth-order valence-electron chi connectivity index (χ4n) is 2.49. The van der Waals surface area contributed by atoms with Gasteiger partial charge in [-0.2, -0.15) is 0 Å². The topological polar surface area (TPSA) is 60.8 Å². The van der Waals surface area contributed by atoms with Crippen molar-refractivity contribution in [3.63, 3.8) is 0 Å². The maximum atomic E-state index is 12.3. The third-order valence-electron chi connectivity index (χ3n) is 3.79. The van der Waals surface area contributed by atoms with Gasteiger partial charge in [0.05, 0.1) is 17.2 Å². The van der Waals surface area contributed by atoms with Crippen molar-refractivity contribution in [1.82, 2.24) is 20.1 Å². The lowest BCUT2D eigenvalue weighted by molar-refractivity contribution is -0.131. The second kappa shape index (κ2) is 10.3. The number of guanidine groups is 1. The molecule has 24 heavy (non-hydrogen) atoms. The van der Waals surface area contributed by atoms with Crippen molar-refractivity contribution < 1.29 is 4.79 Å². The van der Waals surface area contributed by atoms with E-state index in [1.165, 1.54) is 4.88 Å². The number of hydrogen-bond acceptors (Lipinski definition) is 4. The van der Waals surface area contributed by atoms with Crippen LogP contribution in [0.5, 0.6) is 0 Å². The van der Waals surface area contributed by atoms with Crippen molar-refractivity contribution in [2.75, 3.05) is 39.8 Å². The summed E-state index contributed by atoms with van der Waals surface area (Å²) in [5.41, 5.74) is 1.10. The van der Waals surface area contributed by atoms with E-state index >= 15 is 0 Å². The SMILES string of the molecule is CCNC(=NCCc1sc(C)nc1C)N(C)CC(=O)N(CC)CC. The van der Waals surface area contributed by atoms with Crippen LogP contribution in [0.25, 0.3) is 0 Å². The fourth-order valence-corrected chi connectivity index (χ4v) is 3.42. The second-order valence-corrected chi connectivity index (χ2v) is 6.94. The lowest BCUT2D eigenvalue weighted by atomic mass is 10.3. The highest BCUT2D eigenvalue weighted by Crippen LogP contribution is 2.17. The summed E-state index contributed by atoms with van der Waals surface area (Å²) in [7, 11) is 1.91. The van der Waals surface area contributed by atoms with Crippen LogP contribution in [-0.2, 0) is 11.2 Å². The van der Waals surface area contributed by atoms with Gasteiger partial charge >= 0.3 is 0 Å². The molecule has 0 unspecified atom stereocenters. The maximum Gasteiger partial charge on any atom is 0.242 e. The monoisotopic (exact) mass is 353 g/mol. The third kappa shape index (κ3) is 6.11. The Balaban J connectivity index is 2.66. The number of hydrogen-bond donors (Lipinski definition) is 1. The highest BCUT2D eigenvalue weighted by molar-refractivity contribution is 7.11. The molecule has 1 amide bonds. The first kappa shape index (κ1) is 20.4. The summed E-state index contributed by atoms with van der Waals surface area (Å²) < 4.78 is 0. The molecule has 1 aromatic rings. The third-order valence-corrected chi connectivity index (χ3v) is 4.92. The molecule has 0 atom stereocenters. The Morgan fingerprint density at radius 3 is 2.42 bits per heavy atom. The number of likely N-dealkylation sites (N-methyl/N-ethyl adjacent to an activating group) is 2. The smallest absolute Gasteiger partial charge is 0.242 e. The first-order chi connectivity index (χ1) is 11.4. The van der Waals surface area contributed by atoms with Crippen molar-refractivity contribution in [2.45, 2.75) is 41.0 Å². The quantitative estimate of drug-likeness (QED) is 0.574. The molecule has 0 radical (unpaired) electrons. The predicted octanol–water partition coefficient (Wildman–Crippen LogP) is 2.07. The Labute approximate surface area is 150 Å². The van der Waals surface area contributed by atoms with Crippen LogP contribution in [-0.4, -0.2) is 66.4 Å². The molecule has 7 heteroatoms. The summed E-state index contributed by atoms with van der Waals surface area (Å²) in [6.07, 6.45) is 0.879. The first-order valence-corrected chi connectivity index (χ1v) is 9.44. The van der Waals surface area contributed by atoms with Crippen LogP contribution in [0.15, 0.2) is 4.99 Å². The van der Waals surface area contributed by atoms with Crippen LogP contribution in [0.4, 0.5) is 0 Å². The molecule has 1 aromatic heterocycles. The zero-order valence-electron chi connectivity index (χ0n) is 15.8. The van der Waals surface area contributed by atoms with Gasteiger partial charge in [0, 0.05) is 44.5 Å². The summed E-state index contributed by atoms with van der Waals surface area (Å²) in [5.74, 6) is 0.902. The van der Waals surface area contributed by atoms with Crippen LogP contribution >= 0.6 is 11.3 Å². The number of nitrogens with zero attached hydrogens (tertiary/aromatic N) is 4. The fraction of sp³-hybridized carbons (Fsp3) is 0.706. The number of rotatable bonds is 8. The number of aryl methyl sites for hydroxylation is 2. The van der Waals surface area contributed by atoms with Crippen LogP contribution in [0, 0.1) is 13.8 Å². The van der Waals surface area contributed by atoms with Gasteiger partial charge in [-0.3, -0.25) is 9.79 Å². The molecule has 1 heterocycles. The van der Waals surface area contributed by atoms with Crippen LogP contribution in [0.1, 0.15) is 36.3 Å². The van der Waals surface area contributed by atoms with E-state index in [0.717, 1.165) is 42.7 Å². The highest BCUT2D eigenvalue weighted by atomic mass is 32.1. The van der Waals surface area contributed by atoms with Crippen LogP contribution in [0.3, 0.4) is 0 Å². The molecular weight excluding hydrogens is 322 g/mol. The molecule has 0 bridgehead atoms. The van der Waals surface area contributed by atoms with E-state index in [9.17, 15) is 4.79 Å². The molecule has 1 N–H and O–H groups in total. The van der Waals surface area contributed by atoms with Crippen molar-refractivity contribution in [3.8, 4) is 0 Å². The minimum atomic E-state index is 0.127. The van der Waals surface area contributed by atoms with Gasteiger partial charge in [0.15, 0.2) is 5.96 Å². The van der Waals surface area contributed by atoms with Crippen molar-refractivity contribution in [2.24, 2.45) is 4.99 Å². The van der Waals surface area contributed by atoms with Gasteiger partial charge in [-0.25, -0.2) is 4.98 Å². The van der Waals surface area contributed by atoms with Gasteiger partial charge in [-0.05, 0) is 34.6 Å². The Morgan fingerprint density at radius 1 is 1.25 bits per heavy atom. The molecule has 0 aliphatic heterocycles.